The van der Waals surface area contributed by atoms with Gasteiger partial charge in [-0.25, -0.2) is 10.2 Å². The molecular formula is C10H16N2O3. The molecule has 5 nitrogen and oxygen atoms in total. The van der Waals surface area contributed by atoms with Gasteiger partial charge in [0.1, 0.15) is 11.3 Å². The average molecular weight is 212 g/mol. The minimum absolute atomic E-state index is 0.165. The van der Waals surface area contributed by atoms with Crippen molar-refractivity contribution in [3.63, 3.8) is 0 Å². The number of carbonyl (C=O) groups is 2. The number of hydrogen-bond acceptors (Lipinski definition) is 4. The molecule has 0 aromatic carbocycles. The van der Waals surface area contributed by atoms with E-state index in [4.69, 9.17) is 4.74 Å². The molecule has 1 N–H and O–H groups in total. The molecule has 0 radical (unpaired) electrons. The van der Waals surface area contributed by atoms with Crippen molar-refractivity contribution < 1.29 is 14.3 Å². The van der Waals surface area contributed by atoms with E-state index >= 15 is 0 Å². The van der Waals surface area contributed by atoms with Gasteiger partial charge in [-0.2, -0.15) is 5.10 Å². The summed E-state index contributed by atoms with van der Waals surface area (Å²) in [5.74, 6) is -0.860. The standard InChI is InChI=1S/C10H16N2O3/c1-6-5-7(11-12-8(6)13)9(14)15-10(2,3)4/h6H,5H2,1-4H3,(H,12,13)/t6-/m1/s1. The Morgan fingerprint density at radius 1 is 1.53 bits per heavy atom. The zero-order chi connectivity index (χ0) is 11.6. The van der Waals surface area contributed by atoms with Gasteiger partial charge in [0.15, 0.2) is 0 Å². The maximum absolute atomic E-state index is 11.6. The van der Waals surface area contributed by atoms with E-state index in [0.29, 0.717) is 6.42 Å². The van der Waals surface area contributed by atoms with Crippen LogP contribution >= 0.6 is 0 Å². The zero-order valence-electron chi connectivity index (χ0n) is 9.46. The van der Waals surface area contributed by atoms with Crippen LogP contribution in [-0.2, 0) is 14.3 Å². The lowest BCUT2D eigenvalue weighted by Crippen LogP contribution is -2.38. The van der Waals surface area contributed by atoms with Crippen molar-refractivity contribution in [2.24, 2.45) is 11.0 Å². The molecule has 0 saturated heterocycles. The molecule has 5 heteroatoms. The molecule has 1 heterocycles. The van der Waals surface area contributed by atoms with E-state index in [1.807, 2.05) is 0 Å². The molecule has 0 aliphatic carbocycles. The molecule has 0 aromatic heterocycles. The number of esters is 1. The Bertz CT molecular complexity index is 315. The third-order valence-corrected chi connectivity index (χ3v) is 1.88. The molecule has 1 aliphatic rings. The number of hydrogen-bond donors (Lipinski definition) is 1. The first-order chi connectivity index (χ1) is 6.79. The molecule has 0 aromatic rings. The summed E-state index contributed by atoms with van der Waals surface area (Å²) in [6, 6.07) is 0. The van der Waals surface area contributed by atoms with Gasteiger partial charge in [-0.1, -0.05) is 6.92 Å². The Balaban J connectivity index is 2.66. The second-order valence-corrected chi connectivity index (χ2v) is 4.64. The van der Waals surface area contributed by atoms with E-state index in [0.717, 1.165) is 0 Å². The Kier molecular flexibility index (Phi) is 3.12. The van der Waals surface area contributed by atoms with Gasteiger partial charge in [0.2, 0.25) is 5.91 Å². The van der Waals surface area contributed by atoms with Crippen molar-refractivity contribution in [1.29, 1.82) is 0 Å². The highest BCUT2D eigenvalue weighted by Crippen LogP contribution is 2.13. The Morgan fingerprint density at radius 2 is 2.13 bits per heavy atom. The summed E-state index contributed by atoms with van der Waals surface area (Å²) in [6.07, 6.45) is 0.334. The first-order valence-electron chi connectivity index (χ1n) is 4.89. The second kappa shape index (κ2) is 4.00. The first-order valence-corrected chi connectivity index (χ1v) is 4.89. The van der Waals surface area contributed by atoms with Crippen LogP contribution in [0.5, 0.6) is 0 Å². The summed E-state index contributed by atoms with van der Waals surface area (Å²) in [4.78, 5) is 22.6. The van der Waals surface area contributed by atoms with Gasteiger partial charge < -0.3 is 4.74 Å². The van der Waals surface area contributed by atoms with Crippen LogP contribution in [0.2, 0.25) is 0 Å². The lowest BCUT2D eigenvalue weighted by Gasteiger charge is -2.22. The molecular weight excluding hydrogens is 196 g/mol. The third-order valence-electron chi connectivity index (χ3n) is 1.88. The maximum Gasteiger partial charge on any atom is 0.355 e. The number of ether oxygens (including phenoxy) is 1. The zero-order valence-corrected chi connectivity index (χ0v) is 9.46. The molecule has 15 heavy (non-hydrogen) atoms. The molecule has 84 valence electrons. The number of rotatable bonds is 1. The van der Waals surface area contributed by atoms with Crippen LogP contribution in [0.4, 0.5) is 0 Å². The van der Waals surface area contributed by atoms with E-state index in [2.05, 4.69) is 10.5 Å². The highest BCUT2D eigenvalue weighted by molar-refractivity contribution is 6.37. The maximum atomic E-state index is 11.6. The van der Waals surface area contributed by atoms with E-state index in [1.165, 1.54) is 0 Å². The van der Waals surface area contributed by atoms with Crippen LogP contribution in [0.25, 0.3) is 0 Å². The topological polar surface area (TPSA) is 67.8 Å². The Hall–Kier alpha value is -1.39. The number of hydrazone groups is 1. The molecule has 0 bridgehead atoms. The van der Waals surface area contributed by atoms with Gasteiger partial charge in [0.25, 0.3) is 0 Å². The molecule has 0 spiro atoms. The van der Waals surface area contributed by atoms with Gasteiger partial charge in [-0.05, 0) is 20.8 Å². The summed E-state index contributed by atoms with van der Waals surface area (Å²) >= 11 is 0. The second-order valence-electron chi connectivity index (χ2n) is 4.64. The number of amides is 1. The fourth-order valence-electron chi connectivity index (χ4n) is 1.13. The first kappa shape index (κ1) is 11.7. The lowest BCUT2D eigenvalue weighted by atomic mass is 10.0. The van der Waals surface area contributed by atoms with Crippen molar-refractivity contribution in [2.75, 3.05) is 0 Å². The van der Waals surface area contributed by atoms with Crippen LogP contribution in [0.1, 0.15) is 34.1 Å². The van der Waals surface area contributed by atoms with Gasteiger partial charge in [-0.3, -0.25) is 4.79 Å². The number of nitrogens with one attached hydrogen (secondary N) is 1. The molecule has 0 saturated carbocycles. The summed E-state index contributed by atoms with van der Waals surface area (Å²) in [5.41, 5.74) is 2.03. The molecule has 1 aliphatic heterocycles. The van der Waals surface area contributed by atoms with Crippen molar-refractivity contribution in [3.8, 4) is 0 Å². The minimum atomic E-state index is -0.537. The van der Waals surface area contributed by atoms with Crippen LogP contribution in [0.15, 0.2) is 5.10 Å². The van der Waals surface area contributed by atoms with Crippen LogP contribution in [0.3, 0.4) is 0 Å². The fourth-order valence-corrected chi connectivity index (χ4v) is 1.13. The molecule has 0 unspecified atom stereocenters. The van der Waals surface area contributed by atoms with Crippen molar-refractivity contribution >= 4 is 17.6 Å². The minimum Gasteiger partial charge on any atom is -0.455 e. The molecule has 1 rings (SSSR count). The van der Waals surface area contributed by atoms with Gasteiger partial charge in [0.05, 0.1) is 0 Å². The van der Waals surface area contributed by atoms with E-state index < -0.39 is 11.6 Å². The fraction of sp³-hybridized carbons (Fsp3) is 0.700. The lowest BCUT2D eigenvalue weighted by molar-refractivity contribution is -0.146. The SMILES string of the molecule is C[C@@H]1CC(C(=O)OC(C)(C)C)=NNC1=O. The van der Waals surface area contributed by atoms with Crippen molar-refractivity contribution in [2.45, 2.75) is 39.7 Å². The third kappa shape index (κ3) is 3.34. The van der Waals surface area contributed by atoms with Crippen LogP contribution in [-0.4, -0.2) is 23.2 Å². The van der Waals surface area contributed by atoms with E-state index in [1.54, 1.807) is 27.7 Å². The normalized spacial score (nSPS) is 21.7. The largest absolute Gasteiger partial charge is 0.455 e. The van der Waals surface area contributed by atoms with E-state index in [-0.39, 0.29) is 17.5 Å². The van der Waals surface area contributed by atoms with Gasteiger partial charge in [0, 0.05) is 12.3 Å². The van der Waals surface area contributed by atoms with Crippen LogP contribution < -0.4 is 5.43 Å². The Labute approximate surface area is 88.9 Å². The highest BCUT2D eigenvalue weighted by atomic mass is 16.6. The predicted molar refractivity (Wildman–Crippen MR) is 55.2 cm³/mol. The average Bonchev–Trinajstić information content (AvgIpc) is 2.06. The van der Waals surface area contributed by atoms with E-state index in [9.17, 15) is 9.59 Å². The molecule has 0 fully saturated rings. The summed E-state index contributed by atoms with van der Waals surface area (Å²) in [6.45, 7) is 7.11. The predicted octanol–water partition coefficient (Wildman–Crippen LogP) is 0.840. The van der Waals surface area contributed by atoms with Gasteiger partial charge in [-0.15, -0.1) is 0 Å². The number of carbonyl (C=O) groups excluding carboxylic acids is 2. The summed E-state index contributed by atoms with van der Waals surface area (Å²) < 4.78 is 5.14. The molecule has 1 atom stereocenters. The smallest absolute Gasteiger partial charge is 0.355 e. The van der Waals surface area contributed by atoms with Crippen molar-refractivity contribution in [3.05, 3.63) is 0 Å². The Morgan fingerprint density at radius 3 is 2.60 bits per heavy atom. The quantitative estimate of drug-likeness (QED) is 0.655. The summed E-state index contributed by atoms with van der Waals surface area (Å²) in [7, 11) is 0. The monoisotopic (exact) mass is 212 g/mol. The molecule has 1 amide bonds. The van der Waals surface area contributed by atoms with Gasteiger partial charge >= 0.3 is 5.97 Å². The van der Waals surface area contributed by atoms with Crippen molar-refractivity contribution in [1.82, 2.24) is 5.43 Å². The number of nitrogens with zero attached hydrogens (tertiary/aromatic N) is 1. The van der Waals surface area contributed by atoms with Crippen LogP contribution in [0, 0.1) is 5.92 Å². The summed E-state index contributed by atoms with van der Waals surface area (Å²) in [5, 5.41) is 3.69. The highest BCUT2D eigenvalue weighted by Gasteiger charge is 2.28.